The third-order valence-corrected chi connectivity index (χ3v) is 4.20. The number of ether oxygens (including phenoxy) is 2. The molecule has 2 atom stereocenters. The van der Waals surface area contributed by atoms with Crippen LogP contribution in [0.5, 0.6) is 0 Å². The third kappa shape index (κ3) is 2.55. The van der Waals surface area contributed by atoms with E-state index < -0.39 is 0 Å². The zero-order valence-electron chi connectivity index (χ0n) is 11.7. The minimum atomic E-state index is -0.224. The molecule has 2 heterocycles. The van der Waals surface area contributed by atoms with Gasteiger partial charge in [-0.05, 0) is 36.9 Å². The first-order valence-corrected chi connectivity index (χ1v) is 7.37. The van der Waals surface area contributed by atoms with Gasteiger partial charge in [-0.1, -0.05) is 31.2 Å². The average Bonchev–Trinajstić information content (AvgIpc) is 2.46. The fourth-order valence-corrected chi connectivity index (χ4v) is 3.26. The molecular formula is C16H23NO2. The normalized spacial score (nSPS) is 30.3. The summed E-state index contributed by atoms with van der Waals surface area (Å²) in [5, 5.41) is 3.64. The van der Waals surface area contributed by atoms with Crippen LogP contribution < -0.4 is 5.32 Å². The van der Waals surface area contributed by atoms with Crippen LogP contribution >= 0.6 is 0 Å². The lowest BCUT2D eigenvalue weighted by Gasteiger charge is -2.44. The Morgan fingerprint density at radius 2 is 2.26 bits per heavy atom. The quantitative estimate of drug-likeness (QED) is 0.907. The van der Waals surface area contributed by atoms with Crippen molar-refractivity contribution in [3.8, 4) is 0 Å². The number of fused-ring (bicyclic) bond motifs is 2. The van der Waals surface area contributed by atoms with Crippen LogP contribution in [0.4, 0.5) is 0 Å². The first-order chi connectivity index (χ1) is 9.34. The van der Waals surface area contributed by atoms with Crippen molar-refractivity contribution < 1.29 is 9.47 Å². The van der Waals surface area contributed by atoms with E-state index in [1.807, 2.05) is 0 Å². The topological polar surface area (TPSA) is 30.5 Å². The van der Waals surface area contributed by atoms with Crippen LogP contribution in [0.3, 0.4) is 0 Å². The molecule has 0 aromatic heterocycles. The van der Waals surface area contributed by atoms with Crippen molar-refractivity contribution in [1.82, 2.24) is 5.32 Å². The lowest BCUT2D eigenvalue weighted by Crippen LogP contribution is -2.49. The average molecular weight is 261 g/mol. The monoisotopic (exact) mass is 261 g/mol. The highest BCUT2D eigenvalue weighted by Gasteiger charge is 2.42. The van der Waals surface area contributed by atoms with Crippen LogP contribution in [0.25, 0.3) is 0 Å². The number of hydrogen-bond acceptors (Lipinski definition) is 3. The highest BCUT2D eigenvalue weighted by molar-refractivity contribution is 5.34. The molecule has 0 aliphatic carbocycles. The molecule has 0 bridgehead atoms. The second-order valence-corrected chi connectivity index (χ2v) is 5.64. The Hall–Kier alpha value is -0.900. The van der Waals surface area contributed by atoms with Gasteiger partial charge in [-0.2, -0.15) is 0 Å². The number of benzene rings is 1. The molecule has 1 aromatic rings. The SMILES string of the molecule is CCCNC1CCOC2(COCc3ccccc32)C1. The van der Waals surface area contributed by atoms with Crippen molar-refractivity contribution in [3.05, 3.63) is 35.4 Å². The van der Waals surface area contributed by atoms with Gasteiger partial charge in [0, 0.05) is 12.6 Å². The minimum Gasteiger partial charge on any atom is -0.373 e. The van der Waals surface area contributed by atoms with Crippen LogP contribution in [-0.2, 0) is 21.7 Å². The molecule has 104 valence electrons. The van der Waals surface area contributed by atoms with E-state index >= 15 is 0 Å². The van der Waals surface area contributed by atoms with E-state index in [2.05, 4.69) is 36.5 Å². The van der Waals surface area contributed by atoms with E-state index in [1.165, 1.54) is 17.5 Å². The van der Waals surface area contributed by atoms with E-state index in [0.29, 0.717) is 19.3 Å². The standard InChI is InChI=1S/C16H23NO2/c1-2-8-17-14-7-9-19-16(10-14)12-18-11-13-5-3-4-6-15(13)16/h3-6,14,17H,2,7-12H2,1H3. The smallest absolute Gasteiger partial charge is 0.118 e. The van der Waals surface area contributed by atoms with Crippen molar-refractivity contribution in [2.75, 3.05) is 19.8 Å². The summed E-state index contributed by atoms with van der Waals surface area (Å²) in [5.74, 6) is 0. The Bertz CT molecular complexity index is 435. The van der Waals surface area contributed by atoms with E-state index in [4.69, 9.17) is 9.47 Å². The zero-order valence-corrected chi connectivity index (χ0v) is 11.7. The van der Waals surface area contributed by atoms with E-state index in [-0.39, 0.29) is 5.60 Å². The molecule has 3 heteroatoms. The molecule has 2 aliphatic heterocycles. The van der Waals surface area contributed by atoms with E-state index in [1.54, 1.807) is 0 Å². The van der Waals surface area contributed by atoms with Gasteiger partial charge in [0.05, 0.1) is 13.2 Å². The van der Waals surface area contributed by atoms with Gasteiger partial charge in [0.15, 0.2) is 0 Å². The summed E-state index contributed by atoms with van der Waals surface area (Å²) in [5.41, 5.74) is 2.40. The van der Waals surface area contributed by atoms with Crippen LogP contribution in [0, 0.1) is 0 Å². The summed E-state index contributed by atoms with van der Waals surface area (Å²) in [7, 11) is 0. The molecule has 1 N–H and O–H groups in total. The summed E-state index contributed by atoms with van der Waals surface area (Å²) in [4.78, 5) is 0. The van der Waals surface area contributed by atoms with Crippen LogP contribution in [-0.4, -0.2) is 25.8 Å². The Balaban J connectivity index is 1.83. The number of rotatable bonds is 3. The van der Waals surface area contributed by atoms with Gasteiger partial charge in [-0.15, -0.1) is 0 Å². The van der Waals surface area contributed by atoms with Gasteiger partial charge < -0.3 is 14.8 Å². The first-order valence-electron chi connectivity index (χ1n) is 7.37. The summed E-state index contributed by atoms with van der Waals surface area (Å²) < 4.78 is 12.0. The molecule has 1 fully saturated rings. The molecule has 2 aliphatic rings. The van der Waals surface area contributed by atoms with Gasteiger partial charge in [0.1, 0.15) is 5.60 Å². The van der Waals surface area contributed by atoms with Crippen molar-refractivity contribution in [2.24, 2.45) is 0 Å². The predicted octanol–water partition coefficient (Wildman–Crippen LogP) is 2.59. The first kappa shape index (κ1) is 13.1. The van der Waals surface area contributed by atoms with Gasteiger partial charge in [-0.3, -0.25) is 0 Å². The van der Waals surface area contributed by atoms with Crippen LogP contribution in [0.1, 0.15) is 37.3 Å². The molecule has 3 rings (SSSR count). The molecule has 1 aromatic carbocycles. The molecule has 0 amide bonds. The largest absolute Gasteiger partial charge is 0.373 e. The van der Waals surface area contributed by atoms with Crippen LogP contribution in [0.2, 0.25) is 0 Å². The fraction of sp³-hybridized carbons (Fsp3) is 0.625. The zero-order chi connectivity index (χ0) is 13.1. The Morgan fingerprint density at radius 3 is 3.16 bits per heavy atom. The maximum Gasteiger partial charge on any atom is 0.118 e. The molecule has 1 spiro atoms. The van der Waals surface area contributed by atoms with E-state index in [9.17, 15) is 0 Å². The number of nitrogens with one attached hydrogen (secondary N) is 1. The summed E-state index contributed by atoms with van der Waals surface area (Å²) in [6.07, 6.45) is 3.30. The van der Waals surface area contributed by atoms with Crippen molar-refractivity contribution in [1.29, 1.82) is 0 Å². The second kappa shape index (κ2) is 5.61. The summed E-state index contributed by atoms with van der Waals surface area (Å²) in [6.45, 7) is 5.52. The van der Waals surface area contributed by atoms with Gasteiger partial charge in [0.25, 0.3) is 0 Å². The van der Waals surface area contributed by atoms with Crippen molar-refractivity contribution >= 4 is 0 Å². The lowest BCUT2D eigenvalue weighted by molar-refractivity contribution is -0.150. The van der Waals surface area contributed by atoms with Crippen molar-refractivity contribution in [3.63, 3.8) is 0 Å². The maximum atomic E-state index is 6.18. The fourth-order valence-electron chi connectivity index (χ4n) is 3.26. The molecule has 0 saturated carbocycles. The van der Waals surface area contributed by atoms with Crippen LogP contribution in [0.15, 0.2) is 24.3 Å². The molecule has 1 saturated heterocycles. The summed E-state index contributed by atoms with van der Waals surface area (Å²) in [6, 6.07) is 9.10. The molecule has 19 heavy (non-hydrogen) atoms. The Morgan fingerprint density at radius 1 is 1.37 bits per heavy atom. The highest BCUT2D eigenvalue weighted by atomic mass is 16.5. The molecule has 0 radical (unpaired) electrons. The van der Waals surface area contributed by atoms with Gasteiger partial charge in [-0.25, -0.2) is 0 Å². The van der Waals surface area contributed by atoms with Gasteiger partial charge >= 0.3 is 0 Å². The van der Waals surface area contributed by atoms with Gasteiger partial charge in [0.2, 0.25) is 0 Å². The van der Waals surface area contributed by atoms with E-state index in [0.717, 1.165) is 26.0 Å². The predicted molar refractivity (Wildman–Crippen MR) is 75.0 cm³/mol. The summed E-state index contributed by atoms with van der Waals surface area (Å²) >= 11 is 0. The highest BCUT2D eigenvalue weighted by Crippen LogP contribution is 2.40. The minimum absolute atomic E-state index is 0.224. The molecule has 3 nitrogen and oxygen atoms in total. The third-order valence-electron chi connectivity index (χ3n) is 4.20. The number of hydrogen-bond donors (Lipinski definition) is 1. The molecular weight excluding hydrogens is 238 g/mol. The molecule has 2 unspecified atom stereocenters. The lowest BCUT2D eigenvalue weighted by atomic mass is 9.81. The Kier molecular flexibility index (Phi) is 3.87. The second-order valence-electron chi connectivity index (χ2n) is 5.64. The van der Waals surface area contributed by atoms with Crippen molar-refractivity contribution in [2.45, 2.75) is 44.4 Å². The Labute approximate surface area is 115 Å². The maximum absolute atomic E-state index is 6.18.